The summed E-state index contributed by atoms with van der Waals surface area (Å²) in [5.41, 5.74) is 0. The molecule has 2 fully saturated rings. The van der Waals surface area contributed by atoms with E-state index in [9.17, 15) is 4.79 Å². The van der Waals surface area contributed by atoms with Crippen molar-refractivity contribution in [3.05, 3.63) is 0 Å². The van der Waals surface area contributed by atoms with E-state index >= 15 is 0 Å². The smallest absolute Gasteiger partial charge is 0.224 e. The van der Waals surface area contributed by atoms with Gasteiger partial charge in [0.1, 0.15) is 0 Å². The first-order chi connectivity index (χ1) is 8.66. The lowest BCUT2D eigenvalue weighted by molar-refractivity contribution is -0.132. The summed E-state index contributed by atoms with van der Waals surface area (Å²) in [5.74, 6) is 0.905. The number of nitrogens with zero attached hydrogens (tertiary/aromatic N) is 1. The van der Waals surface area contributed by atoms with Gasteiger partial charge in [0.25, 0.3) is 0 Å². The predicted octanol–water partition coefficient (Wildman–Crippen LogP) is 1.40. The minimum absolute atomic E-state index is 0.174. The number of rotatable bonds is 2. The topological polar surface area (TPSA) is 41.6 Å². The Bertz CT molecular complexity index is 283. The lowest BCUT2D eigenvalue weighted by atomic mass is 9.90. The zero-order chi connectivity index (χ0) is 13.0. The molecule has 0 bridgehead atoms. The van der Waals surface area contributed by atoms with Gasteiger partial charge in [-0.3, -0.25) is 4.79 Å². The molecule has 3 unspecified atom stereocenters. The fourth-order valence-electron chi connectivity index (χ4n) is 2.93. The van der Waals surface area contributed by atoms with E-state index in [0.29, 0.717) is 24.3 Å². The molecule has 0 saturated carbocycles. The minimum atomic E-state index is 0.174. The Balaban J connectivity index is 1.85. The summed E-state index contributed by atoms with van der Waals surface area (Å²) in [7, 11) is 0. The summed E-state index contributed by atoms with van der Waals surface area (Å²) in [4.78, 5) is 14.3. The van der Waals surface area contributed by atoms with E-state index in [2.05, 4.69) is 12.2 Å². The molecule has 4 nitrogen and oxygen atoms in total. The number of carbonyl (C=O) groups is 1. The first-order valence-corrected chi connectivity index (χ1v) is 7.29. The zero-order valence-corrected chi connectivity index (χ0v) is 11.7. The Hall–Kier alpha value is -0.610. The second kappa shape index (κ2) is 6.53. The standard InChI is InChI=1S/C14H26N2O2/c1-11-5-3-6-15-13(11)9-14(17)16-7-4-8-18-12(2)10-16/h11-13,15H,3-10H2,1-2H3. The molecule has 0 spiro atoms. The van der Waals surface area contributed by atoms with E-state index in [-0.39, 0.29) is 6.10 Å². The first kappa shape index (κ1) is 13.8. The van der Waals surface area contributed by atoms with Gasteiger partial charge in [0.2, 0.25) is 5.91 Å². The van der Waals surface area contributed by atoms with Crippen molar-refractivity contribution >= 4 is 5.91 Å². The molecule has 1 N–H and O–H groups in total. The molecule has 4 heteroatoms. The summed E-state index contributed by atoms with van der Waals surface area (Å²) < 4.78 is 5.58. The average Bonchev–Trinajstić information content (AvgIpc) is 2.57. The molecule has 2 heterocycles. The van der Waals surface area contributed by atoms with Crippen molar-refractivity contribution in [3.8, 4) is 0 Å². The number of amides is 1. The molecule has 0 radical (unpaired) electrons. The van der Waals surface area contributed by atoms with Gasteiger partial charge in [-0.2, -0.15) is 0 Å². The third-order valence-electron chi connectivity index (χ3n) is 4.13. The van der Waals surface area contributed by atoms with Crippen LogP contribution in [0, 0.1) is 5.92 Å². The normalized spacial score (nSPS) is 34.1. The Morgan fingerprint density at radius 3 is 3.00 bits per heavy atom. The third-order valence-corrected chi connectivity index (χ3v) is 4.13. The summed E-state index contributed by atoms with van der Waals surface area (Å²) in [6, 6.07) is 0.366. The van der Waals surface area contributed by atoms with Gasteiger partial charge in [-0.1, -0.05) is 6.92 Å². The molecule has 18 heavy (non-hydrogen) atoms. The van der Waals surface area contributed by atoms with Crippen LogP contribution in [-0.4, -0.2) is 49.2 Å². The lowest BCUT2D eigenvalue weighted by Gasteiger charge is -2.32. The molecule has 1 amide bonds. The van der Waals surface area contributed by atoms with Crippen molar-refractivity contribution in [2.24, 2.45) is 5.92 Å². The molecule has 2 aliphatic rings. The molecule has 0 aromatic carbocycles. The predicted molar refractivity (Wildman–Crippen MR) is 71.4 cm³/mol. The third kappa shape index (κ3) is 3.69. The van der Waals surface area contributed by atoms with Gasteiger partial charge >= 0.3 is 0 Å². The van der Waals surface area contributed by atoms with Crippen LogP contribution in [0.4, 0.5) is 0 Å². The van der Waals surface area contributed by atoms with E-state index < -0.39 is 0 Å². The molecule has 2 rings (SSSR count). The van der Waals surface area contributed by atoms with E-state index in [0.717, 1.165) is 32.7 Å². The van der Waals surface area contributed by atoms with Crippen LogP contribution in [-0.2, 0) is 9.53 Å². The monoisotopic (exact) mass is 254 g/mol. The molecular weight excluding hydrogens is 228 g/mol. The van der Waals surface area contributed by atoms with Crippen LogP contribution in [0.3, 0.4) is 0 Å². The maximum atomic E-state index is 12.3. The van der Waals surface area contributed by atoms with Crippen LogP contribution in [0.25, 0.3) is 0 Å². The van der Waals surface area contributed by atoms with Crippen LogP contribution in [0.5, 0.6) is 0 Å². The van der Waals surface area contributed by atoms with Crippen molar-refractivity contribution in [2.45, 2.75) is 51.7 Å². The molecular formula is C14H26N2O2. The first-order valence-electron chi connectivity index (χ1n) is 7.29. The Labute approximate surface area is 110 Å². The second-order valence-electron chi connectivity index (χ2n) is 5.76. The van der Waals surface area contributed by atoms with Crippen molar-refractivity contribution in [1.29, 1.82) is 0 Å². The average molecular weight is 254 g/mol. The van der Waals surface area contributed by atoms with Gasteiger partial charge in [0.05, 0.1) is 6.10 Å². The van der Waals surface area contributed by atoms with Gasteiger partial charge in [-0.15, -0.1) is 0 Å². The number of nitrogens with one attached hydrogen (secondary N) is 1. The molecule has 0 aromatic rings. The molecule has 3 atom stereocenters. The van der Waals surface area contributed by atoms with Gasteiger partial charge in [0, 0.05) is 32.2 Å². The maximum Gasteiger partial charge on any atom is 0.224 e. The van der Waals surface area contributed by atoms with Gasteiger partial charge in [0.15, 0.2) is 0 Å². The van der Waals surface area contributed by atoms with Gasteiger partial charge in [-0.25, -0.2) is 0 Å². The summed E-state index contributed by atoms with van der Waals surface area (Å²) in [6.07, 6.45) is 4.26. The quantitative estimate of drug-likeness (QED) is 0.810. The Morgan fingerprint density at radius 1 is 1.39 bits per heavy atom. The highest BCUT2D eigenvalue weighted by molar-refractivity contribution is 5.77. The maximum absolute atomic E-state index is 12.3. The van der Waals surface area contributed by atoms with Gasteiger partial charge in [-0.05, 0) is 38.6 Å². The number of ether oxygens (including phenoxy) is 1. The van der Waals surface area contributed by atoms with Crippen LogP contribution in [0.15, 0.2) is 0 Å². The lowest BCUT2D eigenvalue weighted by Crippen LogP contribution is -2.45. The molecule has 104 valence electrons. The molecule has 2 saturated heterocycles. The Kier molecular flexibility index (Phi) is 5.01. The highest BCUT2D eigenvalue weighted by atomic mass is 16.5. The van der Waals surface area contributed by atoms with E-state index in [1.165, 1.54) is 12.8 Å². The van der Waals surface area contributed by atoms with Crippen LogP contribution in [0.2, 0.25) is 0 Å². The summed E-state index contributed by atoms with van der Waals surface area (Å²) >= 11 is 0. The van der Waals surface area contributed by atoms with Gasteiger partial charge < -0.3 is 15.0 Å². The highest BCUT2D eigenvalue weighted by Gasteiger charge is 2.27. The highest BCUT2D eigenvalue weighted by Crippen LogP contribution is 2.19. The Morgan fingerprint density at radius 2 is 2.22 bits per heavy atom. The molecule has 0 aromatic heterocycles. The minimum Gasteiger partial charge on any atom is -0.377 e. The fraction of sp³-hybridized carbons (Fsp3) is 0.929. The van der Waals surface area contributed by atoms with Crippen LogP contribution >= 0.6 is 0 Å². The van der Waals surface area contributed by atoms with Crippen molar-refractivity contribution < 1.29 is 9.53 Å². The fourth-order valence-corrected chi connectivity index (χ4v) is 2.93. The SMILES string of the molecule is CC1CN(C(=O)CC2NCCCC2C)CCCO1. The van der Waals surface area contributed by atoms with E-state index in [1.54, 1.807) is 0 Å². The zero-order valence-electron chi connectivity index (χ0n) is 11.7. The second-order valence-corrected chi connectivity index (χ2v) is 5.76. The van der Waals surface area contributed by atoms with E-state index in [1.807, 2.05) is 11.8 Å². The number of hydrogen-bond acceptors (Lipinski definition) is 3. The van der Waals surface area contributed by atoms with Crippen LogP contribution < -0.4 is 5.32 Å². The molecule has 0 aliphatic carbocycles. The van der Waals surface area contributed by atoms with Crippen molar-refractivity contribution in [1.82, 2.24) is 10.2 Å². The van der Waals surface area contributed by atoms with Crippen molar-refractivity contribution in [3.63, 3.8) is 0 Å². The van der Waals surface area contributed by atoms with Crippen molar-refractivity contribution in [2.75, 3.05) is 26.2 Å². The van der Waals surface area contributed by atoms with Crippen LogP contribution in [0.1, 0.15) is 39.5 Å². The number of carbonyl (C=O) groups excluding carboxylic acids is 1. The largest absolute Gasteiger partial charge is 0.377 e. The number of hydrogen-bond donors (Lipinski definition) is 1. The number of piperidine rings is 1. The van der Waals surface area contributed by atoms with E-state index in [4.69, 9.17) is 4.74 Å². The summed E-state index contributed by atoms with van der Waals surface area (Å²) in [6.45, 7) is 7.74. The summed E-state index contributed by atoms with van der Waals surface area (Å²) in [5, 5.41) is 3.49. The molecule has 2 aliphatic heterocycles.